The van der Waals surface area contributed by atoms with Gasteiger partial charge in [0.1, 0.15) is 5.69 Å². The molecule has 5 heterocycles. The molecular formula is C20H17N7O2. The summed E-state index contributed by atoms with van der Waals surface area (Å²) in [5, 5.41) is 9.29. The second-order valence-corrected chi connectivity index (χ2v) is 7.64. The molecule has 5 aromatic rings. The SMILES string of the molecule is CC(C)c1noc2nc(C3CC3)cc(-c3nc(-c4cnc5cnccn45)no3)c12. The van der Waals surface area contributed by atoms with Gasteiger partial charge in [0.2, 0.25) is 5.82 Å². The maximum atomic E-state index is 5.68. The molecule has 1 aliphatic carbocycles. The van der Waals surface area contributed by atoms with E-state index in [0.29, 0.717) is 23.3 Å². The largest absolute Gasteiger partial charge is 0.335 e. The van der Waals surface area contributed by atoms with Gasteiger partial charge in [-0.15, -0.1) is 0 Å². The van der Waals surface area contributed by atoms with E-state index < -0.39 is 0 Å². The van der Waals surface area contributed by atoms with E-state index in [0.717, 1.165) is 46.5 Å². The topological polar surface area (TPSA) is 108 Å². The minimum Gasteiger partial charge on any atom is -0.335 e. The van der Waals surface area contributed by atoms with Crippen LogP contribution in [0.15, 0.2) is 39.9 Å². The van der Waals surface area contributed by atoms with Crippen LogP contribution in [-0.4, -0.2) is 34.6 Å². The Morgan fingerprint density at radius 3 is 2.83 bits per heavy atom. The van der Waals surface area contributed by atoms with Crippen LogP contribution < -0.4 is 0 Å². The van der Waals surface area contributed by atoms with Crippen LogP contribution in [-0.2, 0) is 0 Å². The molecule has 1 fully saturated rings. The van der Waals surface area contributed by atoms with Crippen LogP contribution in [0.4, 0.5) is 0 Å². The van der Waals surface area contributed by atoms with Crippen molar-refractivity contribution >= 4 is 16.7 Å². The Bertz CT molecular complexity index is 1360. The van der Waals surface area contributed by atoms with E-state index in [-0.39, 0.29) is 5.92 Å². The molecule has 9 heteroatoms. The van der Waals surface area contributed by atoms with E-state index in [1.165, 1.54) is 0 Å². The van der Waals surface area contributed by atoms with Crippen molar-refractivity contribution in [3.8, 4) is 23.0 Å². The minimum absolute atomic E-state index is 0.178. The summed E-state index contributed by atoms with van der Waals surface area (Å²) in [6.07, 6.45) is 9.18. The van der Waals surface area contributed by atoms with Gasteiger partial charge >= 0.3 is 0 Å². The van der Waals surface area contributed by atoms with Crippen molar-refractivity contribution in [2.75, 3.05) is 0 Å². The summed E-state index contributed by atoms with van der Waals surface area (Å²) >= 11 is 0. The molecule has 1 aliphatic rings. The molecule has 5 aromatic heterocycles. The molecule has 0 atom stereocenters. The summed E-state index contributed by atoms with van der Waals surface area (Å²) in [5.74, 6) is 1.51. The first-order valence-electron chi connectivity index (χ1n) is 9.61. The van der Waals surface area contributed by atoms with E-state index in [1.807, 2.05) is 16.7 Å². The van der Waals surface area contributed by atoms with E-state index in [2.05, 4.69) is 44.1 Å². The molecule has 6 rings (SSSR count). The Labute approximate surface area is 164 Å². The highest BCUT2D eigenvalue weighted by Gasteiger charge is 2.30. The zero-order chi connectivity index (χ0) is 19.5. The van der Waals surface area contributed by atoms with Gasteiger partial charge in [0.15, 0.2) is 5.65 Å². The summed E-state index contributed by atoms with van der Waals surface area (Å²) in [6, 6.07) is 2.04. The number of nitrogens with zero attached hydrogens (tertiary/aromatic N) is 7. The summed E-state index contributed by atoms with van der Waals surface area (Å²) < 4.78 is 13.1. The molecule has 0 bridgehead atoms. The van der Waals surface area contributed by atoms with Crippen molar-refractivity contribution in [1.29, 1.82) is 0 Å². The molecule has 0 aliphatic heterocycles. The third-order valence-corrected chi connectivity index (χ3v) is 5.24. The van der Waals surface area contributed by atoms with Gasteiger partial charge in [0.05, 0.1) is 29.0 Å². The number of aromatic nitrogens is 7. The Kier molecular flexibility index (Phi) is 3.35. The fraction of sp³-hybridized carbons (Fsp3) is 0.300. The monoisotopic (exact) mass is 387 g/mol. The molecule has 0 aromatic carbocycles. The summed E-state index contributed by atoms with van der Waals surface area (Å²) in [4.78, 5) is 17.8. The number of pyridine rings is 1. The maximum Gasteiger partial charge on any atom is 0.259 e. The van der Waals surface area contributed by atoms with E-state index in [1.54, 1.807) is 18.6 Å². The molecule has 29 heavy (non-hydrogen) atoms. The number of hydrogen-bond acceptors (Lipinski definition) is 8. The van der Waals surface area contributed by atoms with Gasteiger partial charge in [-0.2, -0.15) is 4.98 Å². The Balaban J connectivity index is 1.54. The highest BCUT2D eigenvalue weighted by atomic mass is 16.5. The van der Waals surface area contributed by atoms with Gasteiger partial charge in [0.25, 0.3) is 11.6 Å². The van der Waals surface area contributed by atoms with E-state index in [9.17, 15) is 0 Å². The van der Waals surface area contributed by atoms with Crippen LogP contribution in [0.5, 0.6) is 0 Å². The molecule has 0 spiro atoms. The molecule has 1 saturated carbocycles. The van der Waals surface area contributed by atoms with E-state index in [4.69, 9.17) is 9.05 Å². The average Bonchev–Trinajstić information content (AvgIpc) is 3.14. The lowest BCUT2D eigenvalue weighted by Gasteiger charge is -2.04. The third kappa shape index (κ3) is 2.54. The molecule has 0 saturated heterocycles. The summed E-state index contributed by atoms with van der Waals surface area (Å²) in [7, 11) is 0. The number of rotatable bonds is 4. The van der Waals surface area contributed by atoms with Crippen molar-refractivity contribution in [3.63, 3.8) is 0 Å². The van der Waals surface area contributed by atoms with Crippen molar-refractivity contribution in [2.24, 2.45) is 0 Å². The smallest absolute Gasteiger partial charge is 0.259 e. The lowest BCUT2D eigenvalue weighted by molar-refractivity contribution is 0.431. The zero-order valence-corrected chi connectivity index (χ0v) is 15.9. The first-order chi connectivity index (χ1) is 14.2. The molecule has 0 amide bonds. The Hall–Kier alpha value is -3.62. The molecule has 144 valence electrons. The van der Waals surface area contributed by atoms with Gasteiger partial charge in [0, 0.05) is 24.0 Å². The number of fused-ring (bicyclic) bond motifs is 2. The maximum absolute atomic E-state index is 5.68. The van der Waals surface area contributed by atoms with Crippen molar-refractivity contribution < 1.29 is 9.05 Å². The fourth-order valence-corrected chi connectivity index (χ4v) is 3.59. The van der Waals surface area contributed by atoms with Crippen LogP contribution in [0, 0.1) is 0 Å². The van der Waals surface area contributed by atoms with Gasteiger partial charge < -0.3 is 9.05 Å². The number of hydrogen-bond donors (Lipinski definition) is 0. The average molecular weight is 387 g/mol. The van der Waals surface area contributed by atoms with Gasteiger partial charge in [-0.25, -0.2) is 9.97 Å². The van der Waals surface area contributed by atoms with Crippen molar-refractivity contribution in [1.82, 2.24) is 34.6 Å². The fourth-order valence-electron chi connectivity index (χ4n) is 3.59. The third-order valence-electron chi connectivity index (χ3n) is 5.24. The molecule has 0 radical (unpaired) electrons. The Morgan fingerprint density at radius 1 is 1.10 bits per heavy atom. The van der Waals surface area contributed by atoms with Crippen LogP contribution >= 0.6 is 0 Å². The first kappa shape index (κ1) is 16.3. The molecule has 0 unspecified atom stereocenters. The number of imidazole rings is 1. The highest BCUT2D eigenvalue weighted by Crippen LogP contribution is 2.43. The zero-order valence-electron chi connectivity index (χ0n) is 15.9. The summed E-state index contributed by atoms with van der Waals surface area (Å²) in [5.41, 5.74) is 4.62. The van der Waals surface area contributed by atoms with Crippen LogP contribution in [0.3, 0.4) is 0 Å². The van der Waals surface area contributed by atoms with Crippen molar-refractivity contribution in [2.45, 2.75) is 38.5 Å². The second-order valence-electron chi connectivity index (χ2n) is 7.64. The standard InChI is InChI=1S/C20H17N7O2/c1-10(2)17-16-12(7-13(11-3-4-11)23-20(16)29-25-17)19-24-18(26-28-19)14-8-22-15-9-21-5-6-27(14)15/h5-11H,3-4H2,1-2H3. The normalized spacial score (nSPS) is 14.4. The molecule has 9 nitrogen and oxygen atoms in total. The second kappa shape index (κ2) is 5.94. The lowest BCUT2D eigenvalue weighted by Crippen LogP contribution is -1.94. The van der Waals surface area contributed by atoms with Crippen LogP contribution in [0.2, 0.25) is 0 Å². The predicted molar refractivity (Wildman–Crippen MR) is 103 cm³/mol. The highest BCUT2D eigenvalue weighted by molar-refractivity contribution is 5.92. The first-order valence-corrected chi connectivity index (χ1v) is 9.61. The lowest BCUT2D eigenvalue weighted by atomic mass is 10.0. The van der Waals surface area contributed by atoms with Gasteiger partial charge in [-0.3, -0.25) is 9.38 Å². The Morgan fingerprint density at radius 2 is 2.00 bits per heavy atom. The van der Waals surface area contributed by atoms with Crippen LogP contribution in [0.1, 0.15) is 49.9 Å². The van der Waals surface area contributed by atoms with Gasteiger partial charge in [-0.05, 0) is 24.8 Å². The molecule has 0 N–H and O–H groups in total. The minimum atomic E-state index is 0.178. The van der Waals surface area contributed by atoms with E-state index >= 15 is 0 Å². The predicted octanol–water partition coefficient (Wildman–Crippen LogP) is 3.98. The summed E-state index contributed by atoms with van der Waals surface area (Å²) in [6.45, 7) is 4.14. The van der Waals surface area contributed by atoms with Crippen molar-refractivity contribution in [3.05, 3.63) is 42.2 Å². The molecular weight excluding hydrogens is 370 g/mol. The quantitative estimate of drug-likeness (QED) is 0.455. The van der Waals surface area contributed by atoms with Crippen LogP contribution in [0.25, 0.3) is 39.7 Å². The van der Waals surface area contributed by atoms with Gasteiger partial charge in [-0.1, -0.05) is 24.2 Å².